The molecule has 2 amide bonds. The Balaban J connectivity index is 1.67. The van der Waals surface area contributed by atoms with E-state index in [1.807, 2.05) is 0 Å². The summed E-state index contributed by atoms with van der Waals surface area (Å²) in [6.45, 7) is 3.51. The SMILES string of the molecule is Cc1cc(C)n(C)c(=O)c1C(=O)Nc1ccc2c(c1)C(=O)Nc1cccnc1O2. The number of aromatic nitrogens is 2. The van der Waals surface area contributed by atoms with Gasteiger partial charge in [0.15, 0.2) is 0 Å². The molecule has 8 nitrogen and oxygen atoms in total. The Labute approximate surface area is 166 Å². The van der Waals surface area contributed by atoms with Gasteiger partial charge in [0.05, 0.1) is 5.56 Å². The van der Waals surface area contributed by atoms with Gasteiger partial charge in [0.25, 0.3) is 17.4 Å². The third-order valence-corrected chi connectivity index (χ3v) is 4.80. The second kappa shape index (κ2) is 6.90. The maximum Gasteiger partial charge on any atom is 0.263 e. The van der Waals surface area contributed by atoms with Crippen LogP contribution in [-0.4, -0.2) is 21.4 Å². The van der Waals surface area contributed by atoms with Crippen LogP contribution in [0.4, 0.5) is 11.4 Å². The molecule has 0 saturated carbocycles. The summed E-state index contributed by atoms with van der Waals surface area (Å²) in [7, 11) is 1.61. The smallest absolute Gasteiger partial charge is 0.263 e. The van der Waals surface area contributed by atoms with Gasteiger partial charge in [-0.05, 0) is 55.8 Å². The molecule has 8 heteroatoms. The van der Waals surface area contributed by atoms with E-state index in [0.29, 0.717) is 22.7 Å². The minimum Gasteiger partial charge on any atom is -0.436 e. The van der Waals surface area contributed by atoms with Crippen LogP contribution in [-0.2, 0) is 7.05 Å². The van der Waals surface area contributed by atoms with Crippen LogP contribution < -0.4 is 20.9 Å². The number of hydrogen-bond donors (Lipinski definition) is 2. The van der Waals surface area contributed by atoms with Crippen LogP contribution in [0.25, 0.3) is 0 Å². The summed E-state index contributed by atoms with van der Waals surface area (Å²) in [4.78, 5) is 42.0. The average molecular weight is 390 g/mol. The number of rotatable bonds is 2. The zero-order chi connectivity index (χ0) is 20.7. The van der Waals surface area contributed by atoms with Gasteiger partial charge in [-0.2, -0.15) is 0 Å². The Hall–Kier alpha value is -3.94. The Bertz CT molecular complexity index is 1230. The van der Waals surface area contributed by atoms with Crippen molar-refractivity contribution in [2.45, 2.75) is 13.8 Å². The molecule has 4 rings (SSSR count). The fraction of sp³-hybridized carbons (Fsp3) is 0.143. The number of amides is 2. The number of carbonyl (C=O) groups is 2. The molecule has 2 N–H and O–H groups in total. The highest BCUT2D eigenvalue weighted by atomic mass is 16.5. The molecule has 0 bridgehead atoms. The number of anilines is 2. The van der Waals surface area contributed by atoms with Crippen molar-refractivity contribution in [1.82, 2.24) is 9.55 Å². The Morgan fingerprint density at radius 3 is 2.76 bits per heavy atom. The summed E-state index contributed by atoms with van der Waals surface area (Å²) in [5.41, 5.74) is 2.10. The normalized spacial score (nSPS) is 12.2. The first-order valence-corrected chi connectivity index (χ1v) is 8.92. The summed E-state index contributed by atoms with van der Waals surface area (Å²) in [5.74, 6) is -0.316. The maximum absolute atomic E-state index is 12.7. The van der Waals surface area contributed by atoms with Gasteiger partial charge in [0, 0.05) is 24.6 Å². The molecule has 0 fully saturated rings. The minimum atomic E-state index is -0.539. The molecular formula is C21H18N4O4. The van der Waals surface area contributed by atoms with Crippen molar-refractivity contribution < 1.29 is 14.3 Å². The van der Waals surface area contributed by atoms with Gasteiger partial charge in [0.1, 0.15) is 17.0 Å². The molecule has 146 valence electrons. The molecular weight excluding hydrogens is 372 g/mol. The molecule has 0 unspecified atom stereocenters. The topological polar surface area (TPSA) is 102 Å². The third-order valence-electron chi connectivity index (χ3n) is 4.80. The number of carbonyl (C=O) groups excluding carboxylic acids is 2. The van der Waals surface area contributed by atoms with Crippen LogP contribution in [0.15, 0.2) is 47.4 Å². The van der Waals surface area contributed by atoms with Crippen molar-refractivity contribution >= 4 is 23.2 Å². The zero-order valence-electron chi connectivity index (χ0n) is 16.1. The second-order valence-corrected chi connectivity index (χ2v) is 6.79. The van der Waals surface area contributed by atoms with Gasteiger partial charge >= 0.3 is 0 Å². The molecule has 1 aliphatic rings. The van der Waals surface area contributed by atoms with E-state index >= 15 is 0 Å². The summed E-state index contributed by atoms with van der Waals surface area (Å²) in [5, 5.41) is 5.43. The number of pyridine rings is 2. The maximum atomic E-state index is 12.7. The fourth-order valence-electron chi connectivity index (χ4n) is 3.18. The summed E-state index contributed by atoms with van der Waals surface area (Å²) >= 11 is 0. The van der Waals surface area contributed by atoms with Gasteiger partial charge in [-0.15, -0.1) is 0 Å². The first-order chi connectivity index (χ1) is 13.8. The number of aryl methyl sites for hydroxylation is 2. The zero-order valence-corrected chi connectivity index (χ0v) is 16.1. The highest BCUT2D eigenvalue weighted by molar-refractivity contribution is 6.10. The predicted molar refractivity (Wildman–Crippen MR) is 108 cm³/mol. The van der Waals surface area contributed by atoms with E-state index in [0.717, 1.165) is 5.69 Å². The molecule has 0 atom stereocenters. The fourth-order valence-corrected chi connectivity index (χ4v) is 3.18. The number of nitrogens with zero attached hydrogens (tertiary/aromatic N) is 2. The van der Waals surface area contributed by atoms with Crippen LogP contribution in [0.5, 0.6) is 11.6 Å². The average Bonchev–Trinajstić information content (AvgIpc) is 2.82. The van der Waals surface area contributed by atoms with Crippen molar-refractivity contribution in [2.24, 2.45) is 7.05 Å². The molecule has 1 aromatic carbocycles. The lowest BCUT2D eigenvalue weighted by Gasteiger charge is -2.12. The van der Waals surface area contributed by atoms with Crippen LogP contribution >= 0.6 is 0 Å². The lowest BCUT2D eigenvalue weighted by Crippen LogP contribution is -2.30. The van der Waals surface area contributed by atoms with Crippen LogP contribution in [0.2, 0.25) is 0 Å². The Morgan fingerprint density at radius 2 is 1.97 bits per heavy atom. The van der Waals surface area contributed by atoms with E-state index in [2.05, 4.69) is 15.6 Å². The van der Waals surface area contributed by atoms with Crippen molar-refractivity contribution in [3.05, 3.63) is 75.3 Å². The van der Waals surface area contributed by atoms with Crippen molar-refractivity contribution in [3.63, 3.8) is 0 Å². The quantitative estimate of drug-likeness (QED) is 0.700. The van der Waals surface area contributed by atoms with Crippen LogP contribution in [0.3, 0.4) is 0 Å². The summed E-state index contributed by atoms with van der Waals surface area (Å²) < 4.78 is 7.15. The summed E-state index contributed by atoms with van der Waals surface area (Å²) in [6.07, 6.45) is 1.56. The molecule has 0 saturated heterocycles. The largest absolute Gasteiger partial charge is 0.436 e. The highest BCUT2D eigenvalue weighted by Crippen LogP contribution is 2.34. The van der Waals surface area contributed by atoms with E-state index in [-0.39, 0.29) is 28.5 Å². The minimum absolute atomic E-state index is 0.0605. The number of ether oxygens (including phenoxy) is 1. The number of fused-ring (bicyclic) bond motifs is 2. The second-order valence-electron chi connectivity index (χ2n) is 6.79. The Kier molecular flexibility index (Phi) is 4.38. The standard InChI is InChI=1S/C21H18N4O4/c1-11-9-12(2)25(3)21(28)17(11)19(27)23-13-6-7-16-14(10-13)18(26)24-15-5-4-8-22-20(15)29-16/h4-10H,1-3H3,(H,23,27)(H,24,26). The van der Waals surface area contributed by atoms with Crippen LogP contribution in [0.1, 0.15) is 32.0 Å². The van der Waals surface area contributed by atoms with Crippen molar-refractivity contribution in [2.75, 3.05) is 10.6 Å². The molecule has 0 aliphatic carbocycles. The predicted octanol–water partition coefficient (Wildman–Crippen LogP) is 3.01. The van der Waals surface area contributed by atoms with Crippen molar-refractivity contribution in [3.8, 4) is 11.6 Å². The lowest BCUT2D eigenvalue weighted by atomic mass is 10.1. The van der Waals surface area contributed by atoms with Gasteiger partial charge in [-0.3, -0.25) is 14.4 Å². The molecule has 0 spiro atoms. The summed E-state index contributed by atoms with van der Waals surface area (Å²) in [6, 6.07) is 9.83. The van der Waals surface area contributed by atoms with E-state index in [1.54, 1.807) is 57.4 Å². The highest BCUT2D eigenvalue weighted by Gasteiger charge is 2.23. The van der Waals surface area contributed by atoms with Gasteiger partial charge in [-0.25, -0.2) is 4.98 Å². The number of nitrogens with one attached hydrogen (secondary N) is 2. The molecule has 3 heterocycles. The molecule has 2 aromatic heterocycles. The first-order valence-electron chi connectivity index (χ1n) is 8.92. The van der Waals surface area contributed by atoms with Crippen molar-refractivity contribution in [1.29, 1.82) is 0 Å². The Morgan fingerprint density at radius 1 is 1.17 bits per heavy atom. The van der Waals surface area contributed by atoms with Crippen LogP contribution in [0, 0.1) is 13.8 Å². The van der Waals surface area contributed by atoms with E-state index in [1.165, 1.54) is 10.6 Å². The van der Waals surface area contributed by atoms with Gasteiger partial charge < -0.3 is 19.9 Å². The first kappa shape index (κ1) is 18.4. The molecule has 0 radical (unpaired) electrons. The number of benzene rings is 1. The van der Waals surface area contributed by atoms with Gasteiger partial charge in [0.2, 0.25) is 5.88 Å². The van der Waals surface area contributed by atoms with E-state index < -0.39 is 5.91 Å². The molecule has 3 aromatic rings. The van der Waals surface area contributed by atoms with E-state index in [9.17, 15) is 14.4 Å². The molecule has 29 heavy (non-hydrogen) atoms. The molecule has 1 aliphatic heterocycles. The lowest BCUT2D eigenvalue weighted by molar-refractivity contribution is 0.101. The number of hydrogen-bond acceptors (Lipinski definition) is 5. The monoisotopic (exact) mass is 390 g/mol. The van der Waals surface area contributed by atoms with Gasteiger partial charge in [-0.1, -0.05) is 0 Å². The third kappa shape index (κ3) is 3.25. The van der Waals surface area contributed by atoms with E-state index in [4.69, 9.17) is 4.74 Å².